The number of nitrogens with zero attached hydrogens (tertiary/aromatic N) is 5. The smallest absolute Gasteiger partial charge is 0.407 e. The molecule has 2 aromatic rings. The Morgan fingerprint density at radius 3 is 2.62 bits per heavy atom. The highest BCUT2D eigenvalue weighted by molar-refractivity contribution is 6.33. The van der Waals surface area contributed by atoms with Crippen molar-refractivity contribution in [1.82, 2.24) is 19.8 Å². The summed E-state index contributed by atoms with van der Waals surface area (Å²) in [7, 11) is 1.74. The highest BCUT2D eigenvalue weighted by Gasteiger charge is 2.33. The van der Waals surface area contributed by atoms with Crippen LogP contribution < -0.4 is 10.2 Å². The molecule has 1 saturated heterocycles. The molecular formula is C18H18Cl2N6O3. The first-order valence-electron chi connectivity index (χ1n) is 8.94. The number of carboxylic acid groups (broad SMARTS) is 1. The number of hydrogen-bond donors (Lipinski definition) is 2. The van der Waals surface area contributed by atoms with Gasteiger partial charge in [0.15, 0.2) is 5.82 Å². The highest BCUT2D eigenvalue weighted by Crippen LogP contribution is 2.38. The minimum atomic E-state index is -0.912. The van der Waals surface area contributed by atoms with E-state index >= 15 is 0 Å². The maximum Gasteiger partial charge on any atom is 0.407 e. The van der Waals surface area contributed by atoms with Gasteiger partial charge in [0.25, 0.3) is 5.91 Å². The Morgan fingerprint density at radius 2 is 1.93 bits per heavy atom. The van der Waals surface area contributed by atoms with Gasteiger partial charge in [-0.05, 0) is 23.7 Å². The number of halogens is 2. The van der Waals surface area contributed by atoms with E-state index in [9.17, 15) is 9.59 Å². The monoisotopic (exact) mass is 436 g/mol. The number of carbonyl (C=O) groups excluding carboxylic acids is 1. The van der Waals surface area contributed by atoms with Crippen LogP contribution in [0.15, 0.2) is 18.3 Å². The lowest BCUT2D eigenvalue weighted by Gasteiger charge is -2.35. The summed E-state index contributed by atoms with van der Waals surface area (Å²) in [4.78, 5) is 37.0. The molecule has 0 radical (unpaired) electrons. The third kappa shape index (κ3) is 3.63. The molecule has 29 heavy (non-hydrogen) atoms. The van der Waals surface area contributed by atoms with Gasteiger partial charge in [-0.1, -0.05) is 11.6 Å². The number of carbonyl (C=O) groups is 2. The number of aromatic nitrogens is 2. The summed E-state index contributed by atoms with van der Waals surface area (Å²) in [6.07, 6.45) is 0.480. The third-order valence-electron chi connectivity index (χ3n) is 5.10. The van der Waals surface area contributed by atoms with E-state index in [0.29, 0.717) is 49.8 Å². The summed E-state index contributed by atoms with van der Waals surface area (Å²) in [5.74, 6) is 0.212. The second-order valence-electron chi connectivity index (χ2n) is 6.86. The second-order valence-corrected chi connectivity index (χ2v) is 7.61. The largest absolute Gasteiger partial charge is 0.465 e. The second kappa shape index (κ2) is 7.57. The molecule has 2 aliphatic heterocycles. The van der Waals surface area contributed by atoms with Crippen LogP contribution in [0, 0.1) is 0 Å². The predicted octanol–water partition coefficient (Wildman–Crippen LogP) is 2.91. The average Bonchev–Trinajstić information content (AvgIpc) is 3.00. The molecule has 0 unspecified atom stereocenters. The Morgan fingerprint density at radius 1 is 1.21 bits per heavy atom. The standard InChI is InChI=1S/C18H18Cl2N6O3/c1-24-9-10-13(25-4-6-26(7-5-25)18(28)29)3-2-12(14(10)16(24)27)22-15-11(19)8-21-17(20)23-15/h2-3,8H,4-7,9H2,1H3,(H,28,29)(H,21,22,23). The number of fused-ring (bicyclic) bond motifs is 1. The van der Waals surface area contributed by atoms with Crippen molar-refractivity contribution < 1.29 is 14.7 Å². The number of rotatable bonds is 3. The van der Waals surface area contributed by atoms with E-state index in [4.69, 9.17) is 28.3 Å². The van der Waals surface area contributed by atoms with Gasteiger partial charge in [-0.15, -0.1) is 0 Å². The summed E-state index contributed by atoms with van der Waals surface area (Å²) in [6.45, 7) is 2.44. The van der Waals surface area contributed by atoms with Crippen molar-refractivity contribution in [3.63, 3.8) is 0 Å². The van der Waals surface area contributed by atoms with E-state index in [0.717, 1.165) is 11.3 Å². The molecule has 9 nitrogen and oxygen atoms in total. The van der Waals surface area contributed by atoms with Crippen LogP contribution in [-0.2, 0) is 6.54 Å². The Kier molecular flexibility index (Phi) is 5.10. The van der Waals surface area contributed by atoms with Crippen LogP contribution in [0.1, 0.15) is 15.9 Å². The number of amides is 2. The van der Waals surface area contributed by atoms with Crippen LogP contribution in [0.2, 0.25) is 10.3 Å². The van der Waals surface area contributed by atoms with Gasteiger partial charge < -0.3 is 25.1 Å². The molecule has 11 heteroatoms. The number of benzene rings is 1. The minimum Gasteiger partial charge on any atom is -0.465 e. The Balaban J connectivity index is 1.68. The van der Waals surface area contributed by atoms with Crippen LogP contribution in [0.3, 0.4) is 0 Å². The van der Waals surface area contributed by atoms with Crippen LogP contribution in [-0.4, -0.2) is 70.1 Å². The lowest BCUT2D eigenvalue weighted by molar-refractivity contribution is 0.0817. The molecule has 4 rings (SSSR count). The van der Waals surface area contributed by atoms with E-state index in [1.54, 1.807) is 18.0 Å². The molecular weight excluding hydrogens is 419 g/mol. The summed E-state index contributed by atoms with van der Waals surface area (Å²) in [5, 5.41) is 12.6. The summed E-state index contributed by atoms with van der Waals surface area (Å²) in [5.41, 5.74) is 2.96. The number of anilines is 3. The molecule has 0 saturated carbocycles. The molecule has 0 spiro atoms. The van der Waals surface area contributed by atoms with Gasteiger partial charge in [-0.25, -0.2) is 9.78 Å². The van der Waals surface area contributed by atoms with Gasteiger partial charge in [-0.2, -0.15) is 4.98 Å². The van der Waals surface area contributed by atoms with Crippen LogP contribution >= 0.6 is 23.2 Å². The fourth-order valence-corrected chi connectivity index (χ4v) is 3.91. The normalized spacial score (nSPS) is 16.2. The zero-order valence-corrected chi connectivity index (χ0v) is 17.0. The quantitative estimate of drug-likeness (QED) is 0.712. The van der Waals surface area contributed by atoms with Gasteiger partial charge in [-0.3, -0.25) is 4.79 Å². The van der Waals surface area contributed by atoms with Crippen molar-refractivity contribution >= 4 is 52.4 Å². The summed E-state index contributed by atoms with van der Waals surface area (Å²) >= 11 is 12.0. The molecule has 1 aromatic heterocycles. The zero-order valence-electron chi connectivity index (χ0n) is 15.5. The molecule has 0 atom stereocenters. The minimum absolute atomic E-state index is 0.0462. The first-order valence-corrected chi connectivity index (χ1v) is 9.70. The lowest BCUT2D eigenvalue weighted by atomic mass is 10.0. The van der Waals surface area contributed by atoms with Gasteiger partial charge in [0, 0.05) is 51.0 Å². The molecule has 1 aromatic carbocycles. The Labute approximate surface area is 176 Å². The molecule has 3 heterocycles. The zero-order chi connectivity index (χ0) is 20.7. The summed E-state index contributed by atoms with van der Waals surface area (Å²) in [6, 6.07) is 3.74. The van der Waals surface area contributed by atoms with Gasteiger partial charge in [0.05, 0.1) is 17.4 Å². The van der Waals surface area contributed by atoms with Crippen molar-refractivity contribution in [1.29, 1.82) is 0 Å². The van der Waals surface area contributed by atoms with Crippen molar-refractivity contribution in [3.8, 4) is 0 Å². The lowest BCUT2D eigenvalue weighted by Crippen LogP contribution is -2.48. The van der Waals surface area contributed by atoms with E-state index in [-0.39, 0.29) is 16.2 Å². The molecule has 2 amide bonds. The molecule has 152 valence electrons. The van der Waals surface area contributed by atoms with Crippen molar-refractivity contribution in [2.75, 3.05) is 43.4 Å². The molecule has 2 N–H and O–H groups in total. The van der Waals surface area contributed by atoms with Crippen molar-refractivity contribution in [2.24, 2.45) is 0 Å². The van der Waals surface area contributed by atoms with Crippen molar-refractivity contribution in [3.05, 3.63) is 39.8 Å². The summed E-state index contributed by atoms with van der Waals surface area (Å²) < 4.78 is 0. The molecule has 0 bridgehead atoms. The van der Waals surface area contributed by atoms with E-state index in [1.165, 1.54) is 11.1 Å². The highest BCUT2D eigenvalue weighted by atomic mass is 35.5. The number of hydrogen-bond acceptors (Lipinski definition) is 6. The fraction of sp³-hybridized carbons (Fsp3) is 0.333. The maximum absolute atomic E-state index is 12.8. The molecule has 2 aliphatic rings. The van der Waals surface area contributed by atoms with E-state index in [2.05, 4.69) is 20.2 Å². The van der Waals surface area contributed by atoms with Gasteiger partial charge >= 0.3 is 6.09 Å². The number of piperazine rings is 1. The van der Waals surface area contributed by atoms with Gasteiger partial charge in [0.1, 0.15) is 5.02 Å². The predicted molar refractivity (Wildman–Crippen MR) is 109 cm³/mol. The fourth-order valence-electron chi connectivity index (χ4n) is 3.64. The number of nitrogens with one attached hydrogen (secondary N) is 1. The van der Waals surface area contributed by atoms with E-state index < -0.39 is 6.09 Å². The Bertz CT molecular complexity index is 994. The average molecular weight is 437 g/mol. The molecule has 0 aliphatic carbocycles. The maximum atomic E-state index is 12.8. The molecule has 1 fully saturated rings. The first-order chi connectivity index (χ1) is 13.8. The first kappa shape index (κ1) is 19.5. The van der Waals surface area contributed by atoms with Crippen LogP contribution in [0.5, 0.6) is 0 Å². The van der Waals surface area contributed by atoms with E-state index in [1.807, 2.05) is 6.07 Å². The van der Waals surface area contributed by atoms with Crippen LogP contribution in [0.4, 0.5) is 22.0 Å². The van der Waals surface area contributed by atoms with Gasteiger partial charge in [0.2, 0.25) is 5.28 Å². The third-order valence-corrected chi connectivity index (χ3v) is 5.56. The Hall–Kier alpha value is -2.78. The van der Waals surface area contributed by atoms with Crippen LogP contribution in [0.25, 0.3) is 0 Å². The van der Waals surface area contributed by atoms with Crippen molar-refractivity contribution in [2.45, 2.75) is 6.54 Å². The SMILES string of the molecule is CN1Cc2c(N3CCN(C(=O)O)CC3)ccc(Nc3nc(Cl)ncc3Cl)c2C1=O. The topological polar surface area (TPSA) is 102 Å².